The third kappa shape index (κ3) is 2.76. The van der Waals surface area contributed by atoms with Crippen molar-refractivity contribution in [3.05, 3.63) is 40.7 Å². The lowest BCUT2D eigenvalue weighted by Crippen LogP contribution is -2.38. The van der Waals surface area contributed by atoms with Crippen LogP contribution in [-0.4, -0.2) is 17.3 Å². The van der Waals surface area contributed by atoms with Gasteiger partial charge in [-0.15, -0.1) is 0 Å². The van der Waals surface area contributed by atoms with Gasteiger partial charge in [0.2, 0.25) is 0 Å². The average Bonchev–Trinajstić information content (AvgIpc) is 2.42. The molecule has 1 aromatic rings. The van der Waals surface area contributed by atoms with Crippen LogP contribution in [0, 0.1) is 6.92 Å². The number of nitrogens with zero attached hydrogens (tertiary/aromatic N) is 2. The van der Waals surface area contributed by atoms with E-state index in [4.69, 9.17) is 10.6 Å². The Hall–Kier alpha value is -2.04. The summed E-state index contributed by atoms with van der Waals surface area (Å²) in [4.78, 5) is 16.4. The molecule has 5 nitrogen and oxygen atoms in total. The van der Waals surface area contributed by atoms with Gasteiger partial charge in [0, 0.05) is 11.9 Å². The topological polar surface area (TPSA) is 69.6 Å². The smallest absolute Gasteiger partial charge is 0.342 e. The highest BCUT2D eigenvalue weighted by molar-refractivity contribution is 5.91. The molecule has 1 aromatic heterocycles. The Morgan fingerprint density at radius 1 is 1.40 bits per heavy atom. The molecule has 1 heterocycles. The number of nitrogen functional groups attached to an aromatic ring is 1. The van der Waals surface area contributed by atoms with Crippen LogP contribution in [0.2, 0.25) is 0 Å². The lowest BCUT2D eigenvalue weighted by molar-refractivity contribution is 0.0522. The number of aromatic nitrogens is 1. The third-order valence-electron chi connectivity index (χ3n) is 3.30. The van der Waals surface area contributed by atoms with Crippen molar-refractivity contribution in [2.75, 3.05) is 12.4 Å². The van der Waals surface area contributed by atoms with Gasteiger partial charge in [0.25, 0.3) is 0 Å². The minimum Gasteiger partial charge on any atom is -0.462 e. The van der Waals surface area contributed by atoms with Crippen molar-refractivity contribution in [2.45, 2.75) is 40.5 Å². The first-order chi connectivity index (χ1) is 9.53. The van der Waals surface area contributed by atoms with E-state index in [1.807, 2.05) is 20.8 Å². The molecular formula is C15H23N3O2. The first kappa shape index (κ1) is 16.0. The van der Waals surface area contributed by atoms with Crippen molar-refractivity contribution >= 4 is 5.97 Å². The first-order valence-corrected chi connectivity index (χ1v) is 6.87. The van der Waals surface area contributed by atoms with E-state index < -0.39 is 5.97 Å². The number of hydrogen-bond acceptors (Lipinski definition) is 4. The summed E-state index contributed by atoms with van der Waals surface area (Å²) in [6.07, 6.45) is 2.95. The van der Waals surface area contributed by atoms with Gasteiger partial charge in [0.15, 0.2) is 5.49 Å². The molecule has 0 aliphatic heterocycles. The van der Waals surface area contributed by atoms with Crippen molar-refractivity contribution < 1.29 is 9.53 Å². The van der Waals surface area contributed by atoms with E-state index >= 15 is 0 Å². The highest BCUT2D eigenvalue weighted by Crippen LogP contribution is 2.17. The van der Waals surface area contributed by atoms with Crippen LogP contribution in [0.1, 0.15) is 48.0 Å². The minimum atomic E-state index is -0.401. The number of pyridine rings is 1. The number of rotatable bonds is 5. The van der Waals surface area contributed by atoms with E-state index in [2.05, 4.69) is 11.6 Å². The molecule has 2 N–H and O–H groups in total. The maximum atomic E-state index is 12.2. The van der Waals surface area contributed by atoms with E-state index in [-0.39, 0.29) is 0 Å². The number of hydrogen-bond donors (Lipinski definition) is 1. The molecule has 0 aliphatic carbocycles. The first-order valence-electron chi connectivity index (χ1n) is 6.87. The maximum Gasteiger partial charge on any atom is 0.342 e. The van der Waals surface area contributed by atoms with E-state index in [0.29, 0.717) is 17.7 Å². The Balaban J connectivity index is 3.81. The van der Waals surface area contributed by atoms with Crippen LogP contribution in [0.5, 0.6) is 0 Å². The summed E-state index contributed by atoms with van der Waals surface area (Å²) in [7, 11) is 0. The number of ether oxygens (including phenoxy) is 1. The fourth-order valence-electron chi connectivity index (χ4n) is 2.44. The van der Waals surface area contributed by atoms with Crippen molar-refractivity contribution in [2.24, 2.45) is 4.99 Å². The van der Waals surface area contributed by atoms with Crippen LogP contribution in [0.4, 0.5) is 0 Å². The van der Waals surface area contributed by atoms with Crippen LogP contribution < -0.4 is 11.3 Å². The second-order valence-electron chi connectivity index (χ2n) is 4.36. The number of carbonyl (C=O) groups is 1. The van der Waals surface area contributed by atoms with Gasteiger partial charge in [-0.05, 0) is 37.8 Å². The largest absolute Gasteiger partial charge is 0.462 e. The average molecular weight is 277 g/mol. The molecule has 0 bridgehead atoms. The lowest BCUT2D eigenvalue weighted by Gasteiger charge is -2.18. The van der Waals surface area contributed by atoms with Gasteiger partial charge in [-0.3, -0.25) is 0 Å². The fourth-order valence-corrected chi connectivity index (χ4v) is 2.44. The van der Waals surface area contributed by atoms with Crippen LogP contribution >= 0.6 is 0 Å². The monoisotopic (exact) mass is 277 g/mol. The van der Waals surface area contributed by atoms with Gasteiger partial charge < -0.3 is 10.6 Å². The van der Waals surface area contributed by atoms with E-state index in [0.717, 1.165) is 29.7 Å². The van der Waals surface area contributed by atoms with Crippen LogP contribution in [-0.2, 0) is 17.6 Å². The second-order valence-corrected chi connectivity index (χ2v) is 4.36. The van der Waals surface area contributed by atoms with Crippen molar-refractivity contribution in [3.63, 3.8) is 0 Å². The Bertz CT molecular complexity index is 586. The SMILES string of the molecule is C=CN=c1c(C(=O)OCC)c(C)c(CC)c(CC)n1N. The summed E-state index contributed by atoms with van der Waals surface area (Å²) in [5.41, 5.74) is 3.73. The van der Waals surface area contributed by atoms with Crippen LogP contribution in [0.25, 0.3) is 0 Å². The van der Waals surface area contributed by atoms with E-state index in [1.165, 1.54) is 10.9 Å². The lowest BCUT2D eigenvalue weighted by atomic mass is 9.98. The Kier molecular flexibility index (Phi) is 5.55. The predicted octanol–water partition coefficient (Wildman–Crippen LogP) is 1.86. The zero-order chi connectivity index (χ0) is 15.3. The summed E-state index contributed by atoms with van der Waals surface area (Å²) in [6.45, 7) is 11.6. The van der Waals surface area contributed by atoms with Crippen LogP contribution in [0.3, 0.4) is 0 Å². The highest BCUT2D eigenvalue weighted by Gasteiger charge is 2.20. The molecule has 1 rings (SSSR count). The molecule has 0 spiro atoms. The molecule has 0 unspecified atom stereocenters. The fraction of sp³-hybridized carbons (Fsp3) is 0.467. The molecule has 0 amide bonds. The second kappa shape index (κ2) is 6.93. The third-order valence-corrected chi connectivity index (χ3v) is 3.30. The van der Waals surface area contributed by atoms with Gasteiger partial charge in [-0.2, -0.15) is 0 Å². The Morgan fingerprint density at radius 2 is 2.05 bits per heavy atom. The van der Waals surface area contributed by atoms with Gasteiger partial charge in [-0.1, -0.05) is 20.4 Å². The zero-order valence-corrected chi connectivity index (χ0v) is 12.7. The maximum absolute atomic E-state index is 12.2. The molecule has 20 heavy (non-hydrogen) atoms. The van der Waals surface area contributed by atoms with Crippen molar-refractivity contribution in [1.29, 1.82) is 0 Å². The minimum absolute atomic E-state index is 0.313. The molecule has 0 radical (unpaired) electrons. The Morgan fingerprint density at radius 3 is 2.50 bits per heavy atom. The summed E-state index contributed by atoms with van der Waals surface area (Å²) >= 11 is 0. The zero-order valence-electron chi connectivity index (χ0n) is 12.7. The molecule has 0 atom stereocenters. The summed E-state index contributed by atoms with van der Waals surface area (Å²) in [6, 6.07) is 0. The number of carbonyl (C=O) groups excluding carboxylic acids is 1. The van der Waals surface area contributed by atoms with E-state index in [9.17, 15) is 4.79 Å². The number of esters is 1. The molecule has 0 fully saturated rings. The summed E-state index contributed by atoms with van der Waals surface area (Å²) in [5.74, 6) is 5.73. The molecular weight excluding hydrogens is 254 g/mol. The molecule has 5 heteroatoms. The molecule has 0 aliphatic rings. The van der Waals surface area contributed by atoms with Gasteiger partial charge >= 0.3 is 5.97 Å². The quantitative estimate of drug-likeness (QED) is 0.659. The number of nitrogens with two attached hydrogens (primary N) is 1. The van der Waals surface area contributed by atoms with Crippen molar-refractivity contribution in [1.82, 2.24) is 4.68 Å². The van der Waals surface area contributed by atoms with Crippen LogP contribution in [0.15, 0.2) is 17.8 Å². The summed E-state index contributed by atoms with van der Waals surface area (Å²) in [5, 5.41) is 0. The van der Waals surface area contributed by atoms with Gasteiger partial charge in [-0.25, -0.2) is 14.5 Å². The molecule has 0 saturated heterocycles. The molecule has 110 valence electrons. The van der Waals surface area contributed by atoms with Gasteiger partial charge in [0.05, 0.1) is 6.61 Å². The highest BCUT2D eigenvalue weighted by atomic mass is 16.5. The normalized spacial score (nSPS) is 11.5. The van der Waals surface area contributed by atoms with Gasteiger partial charge in [0.1, 0.15) is 5.56 Å². The standard InChI is InChI=1S/C15H23N3O2/c1-6-11-10(5)13(15(19)20-9-4)14(17-8-3)18(16)12(11)7-2/h8H,3,6-7,9,16H2,1-2,4-5H3. The predicted molar refractivity (Wildman–Crippen MR) is 79.8 cm³/mol. The summed E-state index contributed by atoms with van der Waals surface area (Å²) < 4.78 is 6.59. The van der Waals surface area contributed by atoms with E-state index in [1.54, 1.807) is 6.92 Å². The molecule has 0 saturated carbocycles. The Labute approximate surface area is 119 Å². The van der Waals surface area contributed by atoms with Crippen molar-refractivity contribution in [3.8, 4) is 0 Å². The molecule has 0 aromatic carbocycles.